The van der Waals surface area contributed by atoms with Gasteiger partial charge in [0.1, 0.15) is 0 Å². The predicted molar refractivity (Wildman–Crippen MR) is 29.9 cm³/mol. The summed E-state index contributed by atoms with van der Waals surface area (Å²) in [5.74, 6) is 0. The maximum atomic E-state index is 7.00. The number of aliphatic hydroxyl groups excluding tert-OH is 1. The standard InChI is InChI=1S/C2H7N.CH4O.CH4/c1-3-2;1-2;/h3H,1-2H3;2H,1H3;1H4. The monoisotopic (exact) mass is 93.1 g/mol. The second-order valence-corrected chi connectivity index (χ2v) is 0.500. The van der Waals surface area contributed by atoms with Crippen molar-refractivity contribution in [3.05, 3.63) is 0 Å². The van der Waals surface area contributed by atoms with Crippen LogP contribution in [0, 0.1) is 0 Å². The SMILES string of the molecule is C.CNC.CO. The number of hydrogen-bond donors (Lipinski definition) is 2. The number of rotatable bonds is 0. The fourth-order valence-electron chi connectivity index (χ4n) is 0. The van der Waals surface area contributed by atoms with Gasteiger partial charge >= 0.3 is 0 Å². The van der Waals surface area contributed by atoms with Crippen molar-refractivity contribution in [1.29, 1.82) is 0 Å². The number of hydrogen-bond acceptors (Lipinski definition) is 2. The van der Waals surface area contributed by atoms with Crippen molar-refractivity contribution in [1.82, 2.24) is 5.32 Å². The molecule has 0 fully saturated rings. The largest absolute Gasteiger partial charge is 0.400 e. The zero-order chi connectivity index (χ0) is 4.71. The first-order valence-corrected chi connectivity index (χ1v) is 1.45. The molecule has 0 aromatic rings. The molecule has 2 N–H and O–H groups in total. The summed E-state index contributed by atoms with van der Waals surface area (Å²) in [5.41, 5.74) is 0. The van der Waals surface area contributed by atoms with Crippen LogP contribution in [0.4, 0.5) is 0 Å². The highest BCUT2D eigenvalue weighted by Gasteiger charge is 1.25. The number of nitrogens with one attached hydrogen (secondary N) is 1. The minimum Gasteiger partial charge on any atom is -0.400 e. The Morgan fingerprint density at radius 1 is 1.17 bits per heavy atom. The van der Waals surface area contributed by atoms with E-state index < -0.39 is 0 Å². The summed E-state index contributed by atoms with van der Waals surface area (Å²) >= 11 is 0. The molecule has 0 aromatic carbocycles. The third kappa shape index (κ3) is 5220. The normalized spacial score (nSPS) is 4.00. The van der Waals surface area contributed by atoms with Gasteiger partial charge in [0.15, 0.2) is 0 Å². The summed E-state index contributed by atoms with van der Waals surface area (Å²) in [6.45, 7) is 0. The van der Waals surface area contributed by atoms with Crippen molar-refractivity contribution < 1.29 is 5.11 Å². The molecule has 0 aromatic heterocycles. The van der Waals surface area contributed by atoms with Crippen LogP contribution in [0.2, 0.25) is 0 Å². The molecule has 0 aliphatic heterocycles. The molecule has 2 heteroatoms. The maximum absolute atomic E-state index is 7.00. The topological polar surface area (TPSA) is 32.3 Å². The molecule has 0 atom stereocenters. The second-order valence-electron chi connectivity index (χ2n) is 0.500. The molecule has 0 unspecified atom stereocenters. The molecule has 0 saturated carbocycles. The van der Waals surface area contributed by atoms with Gasteiger partial charge in [-0.05, 0) is 14.1 Å². The average molecular weight is 93.2 g/mol. The van der Waals surface area contributed by atoms with E-state index in [1.54, 1.807) is 0 Å². The molecule has 0 rings (SSSR count). The van der Waals surface area contributed by atoms with Gasteiger partial charge in [-0.25, -0.2) is 0 Å². The molecular weight excluding hydrogens is 78.0 g/mol. The molecule has 0 radical (unpaired) electrons. The van der Waals surface area contributed by atoms with Gasteiger partial charge in [0.25, 0.3) is 0 Å². The van der Waals surface area contributed by atoms with Crippen LogP contribution in [0.25, 0.3) is 0 Å². The summed E-state index contributed by atoms with van der Waals surface area (Å²) in [4.78, 5) is 0. The molecule has 0 heterocycles. The molecule has 0 spiro atoms. The van der Waals surface area contributed by atoms with Crippen LogP contribution in [-0.2, 0) is 0 Å². The number of aliphatic hydroxyl groups is 1. The minimum absolute atomic E-state index is 0. The van der Waals surface area contributed by atoms with Crippen LogP contribution in [0.15, 0.2) is 0 Å². The van der Waals surface area contributed by atoms with Gasteiger partial charge in [-0.1, -0.05) is 7.43 Å². The van der Waals surface area contributed by atoms with Gasteiger partial charge < -0.3 is 10.4 Å². The van der Waals surface area contributed by atoms with E-state index >= 15 is 0 Å². The molecule has 0 saturated heterocycles. The van der Waals surface area contributed by atoms with Gasteiger partial charge in [0.2, 0.25) is 0 Å². The van der Waals surface area contributed by atoms with E-state index in [1.807, 2.05) is 14.1 Å². The summed E-state index contributed by atoms with van der Waals surface area (Å²) in [7, 11) is 4.75. The van der Waals surface area contributed by atoms with Crippen molar-refractivity contribution in [2.75, 3.05) is 21.2 Å². The summed E-state index contributed by atoms with van der Waals surface area (Å²) in [5, 5.41) is 9.75. The fourth-order valence-corrected chi connectivity index (χ4v) is 0. The van der Waals surface area contributed by atoms with Crippen molar-refractivity contribution in [2.45, 2.75) is 7.43 Å². The molecule has 0 bridgehead atoms. The van der Waals surface area contributed by atoms with E-state index in [4.69, 9.17) is 5.11 Å². The predicted octanol–water partition coefficient (Wildman–Crippen LogP) is 0.0802. The van der Waals surface area contributed by atoms with E-state index in [1.165, 1.54) is 0 Å². The molecule has 0 aliphatic carbocycles. The Morgan fingerprint density at radius 3 is 1.17 bits per heavy atom. The van der Waals surface area contributed by atoms with Crippen molar-refractivity contribution in [3.8, 4) is 0 Å². The van der Waals surface area contributed by atoms with Crippen molar-refractivity contribution in [3.63, 3.8) is 0 Å². The van der Waals surface area contributed by atoms with Crippen LogP contribution >= 0.6 is 0 Å². The molecule has 6 heavy (non-hydrogen) atoms. The maximum Gasteiger partial charge on any atom is 0.0319 e. The second kappa shape index (κ2) is 89.3. The summed E-state index contributed by atoms with van der Waals surface area (Å²) in [6.07, 6.45) is 0. The summed E-state index contributed by atoms with van der Waals surface area (Å²) < 4.78 is 0. The lowest BCUT2D eigenvalue weighted by atomic mass is 11.3. The Labute approximate surface area is 40.2 Å². The quantitative estimate of drug-likeness (QED) is 0.444. The van der Waals surface area contributed by atoms with Crippen LogP contribution < -0.4 is 5.32 Å². The highest BCUT2D eigenvalue weighted by Crippen LogP contribution is 0.981. The van der Waals surface area contributed by atoms with E-state index in [0.717, 1.165) is 7.11 Å². The Morgan fingerprint density at radius 2 is 1.17 bits per heavy atom. The lowest BCUT2D eigenvalue weighted by Gasteiger charge is -1.59. The van der Waals surface area contributed by atoms with Crippen LogP contribution in [0.3, 0.4) is 0 Å². The molecule has 0 amide bonds. The van der Waals surface area contributed by atoms with Crippen molar-refractivity contribution >= 4 is 0 Å². The third-order valence-electron chi connectivity index (χ3n) is 0. The fraction of sp³-hybridized carbons (Fsp3) is 1.00. The van der Waals surface area contributed by atoms with E-state index in [2.05, 4.69) is 5.32 Å². The highest BCUT2D eigenvalue weighted by atomic mass is 16.2. The van der Waals surface area contributed by atoms with Crippen LogP contribution in [0.5, 0.6) is 0 Å². The van der Waals surface area contributed by atoms with E-state index in [-0.39, 0.29) is 7.43 Å². The first-order valence-electron chi connectivity index (χ1n) is 1.45. The zero-order valence-electron chi connectivity index (χ0n) is 3.95. The molecule has 2 nitrogen and oxygen atoms in total. The average Bonchev–Trinajstić information content (AvgIpc) is 1.46. The third-order valence-corrected chi connectivity index (χ3v) is 0. The first-order chi connectivity index (χ1) is 2.41. The van der Waals surface area contributed by atoms with Crippen molar-refractivity contribution in [2.24, 2.45) is 0 Å². The van der Waals surface area contributed by atoms with Gasteiger partial charge in [-0.3, -0.25) is 0 Å². The molecular formula is C4H15NO. The van der Waals surface area contributed by atoms with Gasteiger partial charge in [0.05, 0.1) is 0 Å². The van der Waals surface area contributed by atoms with Crippen LogP contribution in [-0.4, -0.2) is 26.3 Å². The van der Waals surface area contributed by atoms with E-state index in [9.17, 15) is 0 Å². The molecule has 0 aliphatic rings. The Hall–Kier alpha value is -0.0800. The van der Waals surface area contributed by atoms with Gasteiger partial charge in [-0.15, -0.1) is 0 Å². The minimum atomic E-state index is 0. The molecule has 42 valence electrons. The highest BCUT2D eigenvalue weighted by molar-refractivity contribution is 3.91. The lowest BCUT2D eigenvalue weighted by molar-refractivity contribution is 0.399. The lowest BCUT2D eigenvalue weighted by Crippen LogP contribution is -1.89. The van der Waals surface area contributed by atoms with E-state index in [0.29, 0.717) is 0 Å². The Bertz CT molecular complexity index is 7.51. The smallest absolute Gasteiger partial charge is 0.0319 e. The summed E-state index contributed by atoms with van der Waals surface area (Å²) in [6, 6.07) is 0. The van der Waals surface area contributed by atoms with Gasteiger partial charge in [-0.2, -0.15) is 0 Å². The zero-order valence-corrected chi connectivity index (χ0v) is 3.95. The van der Waals surface area contributed by atoms with Gasteiger partial charge in [0, 0.05) is 7.11 Å². The Balaban J connectivity index is -0.0000000275. The first kappa shape index (κ1) is 16.8. The van der Waals surface area contributed by atoms with Crippen LogP contribution in [0.1, 0.15) is 7.43 Å². The Kier molecular flexibility index (Phi) is 250.